The van der Waals surface area contributed by atoms with Gasteiger partial charge in [-0.2, -0.15) is 0 Å². The van der Waals surface area contributed by atoms with Gasteiger partial charge in [0.2, 0.25) is 10.0 Å². The maximum absolute atomic E-state index is 11.4. The Morgan fingerprint density at radius 2 is 1.83 bits per heavy atom. The summed E-state index contributed by atoms with van der Waals surface area (Å²) >= 11 is 0. The quantitative estimate of drug-likeness (QED) is 0.788. The van der Waals surface area contributed by atoms with Gasteiger partial charge in [-0.3, -0.25) is 4.98 Å². The van der Waals surface area contributed by atoms with Gasteiger partial charge < -0.3 is 4.42 Å². The van der Waals surface area contributed by atoms with Crippen LogP contribution in [0.5, 0.6) is 0 Å². The van der Waals surface area contributed by atoms with Gasteiger partial charge in [-0.25, -0.2) is 18.5 Å². The number of nitrogens with zero attached hydrogens (tertiary/aromatic N) is 2. The number of nitrogens with two attached hydrogens (primary N) is 1. The summed E-state index contributed by atoms with van der Waals surface area (Å²) in [6, 6.07) is 8.55. The van der Waals surface area contributed by atoms with Crippen molar-refractivity contribution in [2.24, 2.45) is 10.6 Å². The second-order valence-corrected chi connectivity index (χ2v) is 8.35. The van der Waals surface area contributed by atoms with Gasteiger partial charge in [-0.15, -0.1) is 0 Å². The smallest absolute Gasteiger partial charge is 0.238 e. The fourth-order valence-corrected chi connectivity index (χ4v) is 4.03. The zero-order chi connectivity index (χ0) is 17.1. The molecule has 0 unspecified atom stereocenters. The Bertz CT molecular complexity index is 990. The molecule has 24 heavy (non-hydrogen) atoms. The van der Waals surface area contributed by atoms with Gasteiger partial charge in [0.25, 0.3) is 0 Å². The highest BCUT2D eigenvalue weighted by Gasteiger charge is 2.61. The zero-order valence-corrected chi connectivity index (χ0v) is 14.1. The summed E-state index contributed by atoms with van der Waals surface area (Å²) in [6.45, 7) is 4.31. The average molecular weight is 343 g/mol. The first-order valence-electron chi connectivity index (χ1n) is 7.62. The molecule has 0 saturated heterocycles. The lowest BCUT2D eigenvalue weighted by Crippen LogP contribution is -2.11. The number of benzene rings is 1. The molecule has 1 fully saturated rings. The fourth-order valence-electron chi connectivity index (χ4n) is 3.52. The standard InChI is InChI=1S/C17H17N3O3S/c1-17(2)14(10-3-5-11(6-4-10)24(18,21)22)15(17)16-20-12-7-8-19-9-13(12)23-16/h3-9,14-15H,1-2H3,(H2,18,21,22)/t14-,15+/m1/s1. The third kappa shape index (κ3) is 2.32. The van der Waals surface area contributed by atoms with Crippen molar-refractivity contribution < 1.29 is 12.8 Å². The number of primary sulfonamides is 1. The summed E-state index contributed by atoms with van der Waals surface area (Å²) in [5.41, 5.74) is 2.51. The molecule has 4 rings (SSSR count). The molecule has 1 saturated carbocycles. The van der Waals surface area contributed by atoms with Crippen LogP contribution in [0.3, 0.4) is 0 Å². The minimum atomic E-state index is -3.67. The molecule has 0 spiro atoms. The van der Waals surface area contributed by atoms with Crippen LogP contribution in [-0.2, 0) is 10.0 Å². The third-order valence-electron chi connectivity index (χ3n) is 4.87. The number of hydrogen-bond acceptors (Lipinski definition) is 5. The number of rotatable bonds is 3. The Morgan fingerprint density at radius 1 is 1.12 bits per heavy atom. The molecule has 7 heteroatoms. The van der Waals surface area contributed by atoms with Gasteiger partial charge in [0, 0.05) is 18.0 Å². The van der Waals surface area contributed by atoms with Crippen LogP contribution in [0.25, 0.3) is 11.1 Å². The fraction of sp³-hybridized carbons (Fsp3) is 0.294. The Hall–Kier alpha value is -2.25. The Labute approximate surface area is 139 Å². The van der Waals surface area contributed by atoms with Crippen LogP contribution in [-0.4, -0.2) is 18.4 Å². The Morgan fingerprint density at radius 3 is 2.46 bits per heavy atom. The van der Waals surface area contributed by atoms with E-state index in [4.69, 9.17) is 9.56 Å². The van der Waals surface area contributed by atoms with E-state index in [0.717, 1.165) is 11.1 Å². The van der Waals surface area contributed by atoms with Crippen LogP contribution < -0.4 is 5.14 Å². The SMILES string of the molecule is CC1(C)[C@H](c2ccc(S(N)(=O)=O)cc2)[C@H]1c1nc2ccncc2o1. The van der Waals surface area contributed by atoms with E-state index in [2.05, 4.69) is 23.8 Å². The summed E-state index contributed by atoms with van der Waals surface area (Å²) in [4.78, 5) is 8.75. The first-order valence-corrected chi connectivity index (χ1v) is 9.16. The van der Waals surface area contributed by atoms with E-state index in [1.165, 1.54) is 0 Å². The molecule has 2 N–H and O–H groups in total. The topological polar surface area (TPSA) is 99.1 Å². The van der Waals surface area contributed by atoms with Crippen LogP contribution >= 0.6 is 0 Å². The zero-order valence-electron chi connectivity index (χ0n) is 13.3. The summed E-state index contributed by atoms with van der Waals surface area (Å²) in [7, 11) is -3.67. The number of hydrogen-bond donors (Lipinski definition) is 1. The van der Waals surface area contributed by atoms with E-state index in [9.17, 15) is 8.42 Å². The lowest BCUT2D eigenvalue weighted by molar-refractivity contribution is 0.493. The summed E-state index contributed by atoms with van der Waals surface area (Å²) in [5, 5.41) is 5.15. The number of oxazole rings is 1. The summed E-state index contributed by atoms with van der Waals surface area (Å²) < 4.78 is 28.6. The Kier molecular flexibility index (Phi) is 3.10. The van der Waals surface area contributed by atoms with Crippen LogP contribution in [0.15, 0.2) is 52.0 Å². The van der Waals surface area contributed by atoms with Crippen molar-refractivity contribution in [3.05, 3.63) is 54.2 Å². The molecule has 0 aliphatic heterocycles. The molecule has 0 radical (unpaired) electrons. The molecule has 3 aromatic rings. The molecule has 0 bridgehead atoms. The summed E-state index contributed by atoms with van der Waals surface area (Å²) in [6.07, 6.45) is 3.35. The van der Waals surface area contributed by atoms with E-state index in [1.807, 2.05) is 18.2 Å². The highest BCUT2D eigenvalue weighted by atomic mass is 32.2. The maximum atomic E-state index is 11.4. The van der Waals surface area contributed by atoms with E-state index < -0.39 is 10.0 Å². The largest absolute Gasteiger partial charge is 0.439 e. The molecule has 124 valence electrons. The van der Waals surface area contributed by atoms with Gasteiger partial charge in [0.1, 0.15) is 5.52 Å². The van der Waals surface area contributed by atoms with Crippen LogP contribution in [0.4, 0.5) is 0 Å². The Balaban J connectivity index is 1.69. The van der Waals surface area contributed by atoms with Gasteiger partial charge in [-0.05, 0) is 29.2 Å². The van der Waals surface area contributed by atoms with Gasteiger partial charge >= 0.3 is 0 Å². The van der Waals surface area contributed by atoms with Crippen molar-refractivity contribution >= 4 is 21.1 Å². The third-order valence-corrected chi connectivity index (χ3v) is 5.80. The number of sulfonamides is 1. The minimum absolute atomic E-state index is 0.0165. The lowest BCUT2D eigenvalue weighted by atomic mass is 10.0. The average Bonchev–Trinajstić information content (AvgIpc) is 2.90. The normalized spacial score (nSPS) is 22.6. The number of aromatic nitrogens is 2. The monoisotopic (exact) mass is 343 g/mol. The molecular weight excluding hydrogens is 326 g/mol. The van der Waals surface area contributed by atoms with Gasteiger partial charge in [-0.1, -0.05) is 26.0 Å². The molecule has 0 amide bonds. The van der Waals surface area contributed by atoms with Gasteiger partial charge in [0.05, 0.1) is 11.1 Å². The first-order chi connectivity index (χ1) is 11.3. The molecule has 1 aliphatic carbocycles. The van der Waals surface area contributed by atoms with Crippen molar-refractivity contribution in [3.63, 3.8) is 0 Å². The highest BCUT2D eigenvalue weighted by molar-refractivity contribution is 7.89. The van der Waals surface area contributed by atoms with E-state index in [-0.39, 0.29) is 22.1 Å². The van der Waals surface area contributed by atoms with Crippen molar-refractivity contribution in [2.75, 3.05) is 0 Å². The molecule has 1 aliphatic rings. The van der Waals surface area contributed by atoms with Crippen LogP contribution in [0.2, 0.25) is 0 Å². The lowest BCUT2D eigenvalue weighted by Gasteiger charge is -2.04. The minimum Gasteiger partial charge on any atom is -0.439 e. The van der Waals surface area contributed by atoms with E-state index in [0.29, 0.717) is 11.5 Å². The van der Waals surface area contributed by atoms with Crippen molar-refractivity contribution in [1.29, 1.82) is 0 Å². The van der Waals surface area contributed by atoms with Crippen molar-refractivity contribution in [1.82, 2.24) is 9.97 Å². The number of pyridine rings is 1. The van der Waals surface area contributed by atoms with Crippen molar-refractivity contribution in [3.8, 4) is 0 Å². The molecule has 2 atom stereocenters. The molecule has 2 heterocycles. The summed E-state index contributed by atoms with van der Waals surface area (Å²) in [5.74, 6) is 1.06. The first kappa shape index (κ1) is 15.3. The van der Waals surface area contributed by atoms with Crippen LogP contribution in [0, 0.1) is 5.41 Å². The van der Waals surface area contributed by atoms with Crippen LogP contribution in [0.1, 0.15) is 37.1 Å². The second-order valence-electron chi connectivity index (χ2n) is 6.79. The van der Waals surface area contributed by atoms with Crippen molar-refractivity contribution in [2.45, 2.75) is 30.6 Å². The predicted octanol–water partition coefficient (Wildman–Crippen LogP) is 2.78. The maximum Gasteiger partial charge on any atom is 0.238 e. The van der Waals surface area contributed by atoms with Gasteiger partial charge in [0.15, 0.2) is 11.5 Å². The van der Waals surface area contributed by atoms with E-state index >= 15 is 0 Å². The molecule has 2 aromatic heterocycles. The second kappa shape index (κ2) is 4.87. The highest BCUT2D eigenvalue weighted by Crippen LogP contribution is 2.69. The van der Waals surface area contributed by atoms with E-state index in [1.54, 1.807) is 24.5 Å². The predicted molar refractivity (Wildman–Crippen MR) is 88.9 cm³/mol. The number of fused-ring (bicyclic) bond motifs is 1. The molecular formula is C17H17N3O3S. The molecule has 1 aromatic carbocycles. The molecule has 6 nitrogen and oxygen atoms in total.